The molecule has 16 heavy (non-hydrogen) atoms. The summed E-state index contributed by atoms with van der Waals surface area (Å²) in [5, 5.41) is 27.6. The van der Waals surface area contributed by atoms with Crippen molar-refractivity contribution in [2.45, 2.75) is 24.4 Å². The highest BCUT2D eigenvalue weighted by atomic mass is 32.2. The molecule has 2 unspecified atom stereocenters. The smallest absolute Gasteiger partial charge is 0.343 e. The first-order valence-corrected chi connectivity index (χ1v) is 5.35. The fourth-order valence-electron chi connectivity index (χ4n) is 1.01. The molecular weight excluding hydrogens is 246 g/mol. The van der Waals surface area contributed by atoms with E-state index in [0.717, 1.165) is 6.92 Å². The summed E-state index contributed by atoms with van der Waals surface area (Å²) in [5.41, 5.74) is 0. The summed E-state index contributed by atoms with van der Waals surface area (Å²) in [7, 11) is -5.27. The minimum atomic E-state index is -5.27. The van der Waals surface area contributed by atoms with E-state index in [1.807, 2.05) is 0 Å². The van der Waals surface area contributed by atoms with Gasteiger partial charge in [0.05, 0.1) is 6.42 Å². The molecule has 0 spiro atoms. The van der Waals surface area contributed by atoms with Crippen molar-refractivity contribution in [2.24, 2.45) is 0 Å². The van der Waals surface area contributed by atoms with E-state index in [0.29, 0.717) is 0 Å². The van der Waals surface area contributed by atoms with Crippen LogP contribution < -0.4 is 5.32 Å². The molecule has 0 aliphatic carbocycles. The maximum Gasteiger partial charge on any atom is 0.343 e. The van der Waals surface area contributed by atoms with Crippen LogP contribution in [0, 0.1) is 0 Å². The molecule has 0 aromatic rings. The van der Waals surface area contributed by atoms with Crippen LogP contribution in [0.2, 0.25) is 0 Å². The highest BCUT2D eigenvalue weighted by Gasteiger charge is 2.53. The van der Waals surface area contributed by atoms with E-state index in [-0.39, 0.29) is 0 Å². The maximum absolute atomic E-state index is 10.9. The Morgan fingerprint density at radius 1 is 1.38 bits per heavy atom. The molecule has 5 N–H and O–H groups in total. The monoisotopic (exact) mass is 257 g/mol. The lowest BCUT2D eigenvalue weighted by molar-refractivity contribution is -0.149. The number of hydrogen-bond acceptors (Lipinski definition) is 6. The van der Waals surface area contributed by atoms with E-state index < -0.39 is 39.6 Å². The van der Waals surface area contributed by atoms with Gasteiger partial charge in [0.15, 0.2) is 0 Å². The Morgan fingerprint density at radius 3 is 2.00 bits per heavy atom. The summed E-state index contributed by atoms with van der Waals surface area (Å²) in [6.45, 7) is 0.977. The van der Waals surface area contributed by atoms with Gasteiger partial charge >= 0.3 is 11.9 Å². The summed E-state index contributed by atoms with van der Waals surface area (Å²) in [5.74, 6) is -3.90. The van der Waals surface area contributed by atoms with Crippen molar-refractivity contribution < 1.29 is 37.9 Å². The standard InChI is InChI=1S/C6H11NO8S/c1-3(8)7-6(5(11)12,2-4(9)10)16(13,14)15/h3,7-8H,2H2,1H3,(H,9,10)(H,11,12)(H,13,14,15). The summed E-state index contributed by atoms with van der Waals surface area (Å²) in [6.07, 6.45) is -3.08. The second-order valence-corrected chi connectivity index (χ2v) is 4.65. The first-order valence-electron chi connectivity index (χ1n) is 3.91. The Hall–Kier alpha value is -1.23. The Kier molecular flexibility index (Phi) is 4.37. The molecule has 0 aromatic heterocycles. The van der Waals surface area contributed by atoms with Gasteiger partial charge in [-0.15, -0.1) is 0 Å². The Balaban J connectivity index is 5.59. The number of carboxylic acids is 2. The average molecular weight is 257 g/mol. The van der Waals surface area contributed by atoms with Crippen molar-refractivity contribution >= 4 is 22.1 Å². The van der Waals surface area contributed by atoms with Crippen molar-refractivity contribution in [3.05, 3.63) is 0 Å². The zero-order valence-corrected chi connectivity index (χ0v) is 8.93. The molecule has 9 nitrogen and oxygen atoms in total. The molecule has 0 amide bonds. The lowest BCUT2D eigenvalue weighted by Crippen LogP contribution is -2.61. The van der Waals surface area contributed by atoms with Gasteiger partial charge in [0.1, 0.15) is 6.23 Å². The number of carbonyl (C=O) groups is 2. The molecule has 0 fully saturated rings. The van der Waals surface area contributed by atoms with Gasteiger partial charge < -0.3 is 15.3 Å². The van der Waals surface area contributed by atoms with Crippen LogP contribution in [-0.4, -0.2) is 51.3 Å². The van der Waals surface area contributed by atoms with E-state index in [4.69, 9.17) is 19.9 Å². The van der Waals surface area contributed by atoms with Crippen LogP contribution in [0.15, 0.2) is 0 Å². The summed E-state index contributed by atoms with van der Waals surface area (Å²) >= 11 is 0. The van der Waals surface area contributed by atoms with Crippen LogP contribution >= 0.6 is 0 Å². The van der Waals surface area contributed by atoms with Gasteiger partial charge in [-0.25, -0.2) is 4.79 Å². The Morgan fingerprint density at radius 2 is 1.81 bits per heavy atom. The largest absolute Gasteiger partial charge is 0.481 e. The summed E-state index contributed by atoms with van der Waals surface area (Å²) in [6, 6.07) is 0. The predicted octanol–water partition coefficient (Wildman–Crippen LogP) is -1.94. The number of nitrogens with one attached hydrogen (secondary N) is 1. The number of aliphatic hydroxyl groups is 1. The number of aliphatic hydroxyl groups excluding tert-OH is 1. The topological polar surface area (TPSA) is 161 Å². The van der Waals surface area contributed by atoms with Crippen molar-refractivity contribution in [3.63, 3.8) is 0 Å². The highest BCUT2D eigenvalue weighted by Crippen LogP contribution is 2.19. The van der Waals surface area contributed by atoms with E-state index in [1.54, 1.807) is 5.32 Å². The fourth-order valence-corrected chi connectivity index (χ4v) is 1.86. The molecule has 0 aromatic carbocycles. The quantitative estimate of drug-likeness (QED) is 0.269. The zero-order chi connectivity index (χ0) is 13.1. The molecule has 0 saturated carbocycles. The normalized spacial score (nSPS) is 17.4. The van der Waals surface area contributed by atoms with Crippen LogP contribution in [0.3, 0.4) is 0 Å². The second kappa shape index (κ2) is 4.74. The molecule has 0 aliphatic heterocycles. The third-order valence-corrected chi connectivity index (χ3v) is 2.95. The van der Waals surface area contributed by atoms with Gasteiger partial charge in [-0.1, -0.05) is 0 Å². The van der Waals surface area contributed by atoms with E-state index in [2.05, 4.69) is 0 Å². The van der Waals surface area contributed by atoms with Crippen molar-refractivity contribution in [1.82, 2.24) is 5.32 Å². The molecule has 0 rings (SSSR count). The second-order valence-electron chi connectivity index (χ2n) is 3.00. The van der Waals surface area contributed by atoms with Crippen LogP contribution in [0.4, 0.5) is 0 Å². The van der Waals surface area contributed by atoms with E-state index in [9.17, 15) is 18.0 Å². The van der Waals surface area contributed by atoms with Crippen molar-refractivity contribution in [2.75, 3.05) is 0 Å². The third-order valence-electron chi connectivity index (χ3n) is 1.63. The summed E-state index contributed by atoms with van der Waals surface area (Å²) < 4.78 is 30.6. The SMILES string of the molecule is CC(O)NC(CC(=O)O)(C(=O)O)S(=O)(=O)O. The lowest BCUT2D eigenvalue weighted by atomic mass is 10.2. The fraction of sp³-hybridized carbons (Fsp3) is 0.667. The van der Waals surface area contributed by atoms with E-state index in [1.165, 1.54) is 0 Å². The first-order chi connectivity index (χ1) is 7.03. The van der Waals surface area contributed by atoms with Gasteiger partial charge in [0, 0.05) is 0 Å². The minimum Gasteiger partial charge on any atom is -0.481 e. The molecule has 0 saturated heterocycles. The highest BCUT2D eigenvalue weighted by molar-refractivity contribution is 7.88. The number of aliphatic carboxylic acids is 2. The maximum atomic E-state index is 10.9. The average Bonchev–Trinajstić information content (AvgIpc) is 1.97. The predicted molar refractivity (Wildman–Crippen MR) is 49.0 cm³/mol. The van der Waals surface area contributed by atoms with E-state index >= 15 is 0 Å². The van der Waals surface area contributed by atoms with Gasteiger partial charge in [0.25, 0.3) is 15.0 Å². The van der Waals surface area contributed by atoms with Crippen LogP contribution in [-0.2, 0) is 19.7 Å². The van der Waals surface area contributed by atoms with Gasteiger partial charge in [-0.3, -0.25) is 14.7 Å². The van der Waals surface area contributed by atoms with Crippen LogP contribution in [0.5, 0.6) is 0 Å². The van der Waals surface area contributed by atoms with Crippen molar-refractivity contribution in [3.8, 4) is 0 Å². The van der Waals surface area contributed by atoms with Crippen molar-refractivity contribution in [1.29, 1.82) is 0 Å². The van der Waals surface area contributed by atoms with Gasteiger partial charge in [0.2, 0.25) is 0 Å². The first kappa shape index (κ1) is 14.8. The Bertz CT molecular complexity index is 387. The van der Waals surface area contributed by atoms with Gasteiger partial charge in [-0.2, -0.15) is 8.42 Å². The summed E-state index contributed by atoms with van der Waals surface area (Å²) in [4.78, 5) is 18.0. The zero-order valence-electron chi connectivity index (χ0n) is 8.11. The Labute approximate surface area is 90.4 Å². The molecule has 2 atom stereocenters. The number of carboxylic acid groups (broad SMARTS) is 2. The molecule has 10 heteroatoms. The molecule has 0 heterocycles. The van der Waals surface area contributed by atoms with Crippen LogP contribution in [0.1, 0.15) is 13.3 Å². The molecule has 0 bridgehead atoms. The lowest BCUT2D eigenvalue weighted by Gasteiger charge is -2.27. The van der Waals surface area contributed by atoms with Gasteiger partial charge in [-0.05, 0) is 6.92 Å². The number of rotatable bonds is 6. The third kappa shape index (κ3) is 3.13. The minimum absolute atomic E-state index is 0.977. The molecule has 0 radical (unpaired) electrons. The molecule has 94 valence electrons. The van der Waals surface area contributed by atoms with Crippen LogP contribution in [0.25, 0.3) is 0 Å². The molecular formula is C6H11NO8S. The number of hydrogen-bond donors (Lipinski definition) is 5. The molecule has 0 aliphatic rings.